The molecule has 0 atom stereocenters. The number of rotatable bonds is 13. The maximum atomic E-state index is 6.50. The number of benzene rings is 21. The standard InChI is InChI=1S/C43H27N3O.2C42H26N2O/c1-3-10-28(11-4-1)30-18-22-33(23-19-30)41-44-42(34-24-20-31(21-25-34)29-12-5-2-6-13-29)46-43(45-41)36-16-9-17-37-40(36)39-35-15-8-7-14-32(35)26-27-38(39)47-37;1-2-11-31(12-3-1)42-43-37(30-20-17-28(18-21-30)33-22-19-27-9-4-5-13-32(27)25-33)26-38(44-42)35-15-8-16-39-40(35)36-24-23-29-10-6-7-14-34(29)41(36)45-39;1-2-11-30(12-3-1)37-26-38(35-15-8-16-39-40(35)36-24-23-29-10-6-7-14-34(29)41(36)45-39)44-42(43-37)31-20-17-28(18-21-31)33-22-19-27-9-4-5-13-32(27)25-33/h1-27H;2*1-26H. The minimum atomic E-state index is 0.602. The number of nitrogens with zero attached hydrogens (tertiary/aromatic N) is 7. The Hall–Kier alpha value is -18.5. The van der Waals surface area contributed by atoms with Crippen LogP contribution in [0.4, 0.5) is 0 Å². The molecule has 0 spiro atoms. The third-order valence-electron chi connectivity index (χ3n) is 26.1. The van der Waals surface area contributed by atoms with Crippen LogP contribution in [0.3, 0.4) is 0 Å². The second-order valence-corrected chi connectivity index (χ2v) is 34.5. The first-order valence-electron chi connectivity index (χ1n) is 46.0. The number of furan rings is 3. The van der Waals surface area contributed by atoms with Gasteiger partial charge >= 0.3 is 0 Å². The Kier molecular flexibility index (Phi) is 20.4. The van der Waals surface area contributed by atoms with E-state index < -0.39 is 0 Å². The summed E-state index contributed by atoms with van der Waals surface area (Å²) >= 11 is 0. The van der Waals surface area contributed by atoms with Crippen LogP contribution in [0.25, 0.3) is 266 Å². The van der Waals surface area contributed by atoms with Crippen molar-refractivity contribution in [1.82, 2.24) is 34.9 Å². The zero-order valence-corrected chi connectivity index (χ0v) is 74.0. The molecule has 0 N–H and O–H groups in total. The lowest BCUT2D eigenvalue weighted by Crippen LogP contribution is -2.00. The van der Waals surface area contributed by atoms with Gasteiger partial charge in [-0.1, -0.05) is 419 Å². The Bertz CT molecular complexity index is 8850. The zero-order valence-electron chi connectivity index (χ0n) is 74.0. The Labute approximate surface area is 788 Å². The monoisotopic (exact) mass is 1750 g/mol. The van der Waals surface area contributed by atoms with Gasteiger partial charge in [-0.2, -0.15) is 0 Å². The van der Waals surface area contributed by atoms with Crippen molar-refractivity contribution in [3.05, 3.63) is 479 Å². The summed E-state index contributed by atoms with van der Waals surface area (Å²) in [5.74, 6) is 3.21. The summed E-state index contributed by atoms with van der Waals surface area (Å²) in [4.78, 5) is 35.8. The molecule has 6 heterocycles. The van der Waals surface area contributed by atoms with E-state index in [0.717, 1.165) is 188 Å². The van der Waals surface area contributed by atoms with Crippen molar-refractivity contribution in [2.45, 2.75) is 0 Å². The second kappa shape index (κ2) is 34.7. The molecule has 10 heteroatoms. The van der Waals surface area contributed by atoms with Gasteiger partial charge in [-0.15, -0.1) is 0 Å². The maximum Gasteiger partial charge on any atom is 0.164 e. The first kappa shape index (κ1) is 80.6. The van der Waals surface area contributed by atoms with Gasteiger partial charge in [0.2, 0.25) is 0 Å². The molecule has 0 aliphatic rings. The molecule has 27 rings (SSSR count). The summed E-state index contributed by atoms with van der Waals surface area (Å²) in [6.45, 7) is 0. The van der Waals surface area contributed by atoms with E-state index >= 15 is 0 Å². The number of hydrogen-bond donors (Lipinski definition) is 0. The van der Waals surface area contributed by atoms with Crippen molar-refractivity contribution in [3.8, 4) is 146 Å². The molecule has 640 valence electrons. The molecule has 0 saturated heterocycles. The fourth-order valence-corrected chi connectivity index (χ4v) is 19.3. The molecule has 0 fully saturated rings. The first-order chi connectivity index (χ1) is 67.8. The summed E-state index contributed by atoms with van der Waals surface area (Å²) in [6, 6.07) is 166. The molecule has 21 aromatic carbocycles. The van der Waals surface area contributed by atoms with Crippen molar-refractivity contribution in [2.75, 3.05) is 0 Å². The van der Waals surface area contributed by atoms with Gasteiger partial charge in [0.05, 0.1) is 22.8 Å². The third-order valence-corrected chi connectivity index (χ3v) is 26.1. The SMILES string of the molecule is c1ccc(-c2cc(-c3cccc4oc5c6ccccc6ccc5c34)nc(-c3ccc(-c4ccc5ccccc5c4)cc3)n2)cc1.c1ccc(-c2ccc(-c3nc(-c4ccc(-c5ccccc5)cc4)nc(-c4cccc5oc6ccc7ccccc7c6c45)n3)cc2)cc1.c1ccc(-c2nc(-c3ccc(-c4ccc5ccccc5c4)cc3)cc(-c3cccc4oc5c6ccccc6ccc5c34)n2)cc1. The molecule has 10 nitrogen and oxygen atoms in total. The largest absolute Gasteiger partial charge is 0.456 e. The molecule has 0 saturated carbocycles. The lowest BCUT2D eigenvalue weighted by Gasteiger charge is -2.11. The van der Waals surface area contributed by atoms with Crippen LogP contribution in [0.5, 0.6) is 0 Å². The summed E-state index contributed by atoms with van der Waals surface area (Å²) < 4.78 is 19.4. The van der Waals surface area contributed by atoms with E-state index in [0.29, 0.717) is 29.1 Å². The van der Waals surface area contributed by atoms with Crippen molar-refractivity contribution in [3.63, 3.8) is 0 Å². The number of fused-ring (bicyclic) bond motifs is 17. The minimum absolute atomic E-state index is 0.602. The predicted molar refractivity (Wildman–Crippen MR) is 564 cm³/mol. The Morgan fingerprint density at radius 1 is 0.131 bits per heavy atom. The van der Waals surface area contributed by atoms with Crippen LogP contribution in [-0.2, 0) is 0 Å². The van der Waals surface area contributed by atoms with Crippen molar-refractivity contribution in [1.29, 1.82) is 0 Å². The molecule has 0 unspecified atom stereocenters. The highest BCUT2D eigenvalue weighted by Gasteiger charge is 2.24. The predicted octanol–water partition coefficient (Wildman–Crippen LogP) is 34.0. The van der Waals surface area contributed by atoms with Crippen LogP contribution in [0.15, 0.2) is 492 Å². The van der Waals surface area contributed by atoms with Crippen LogP contribution < -0.4 is 0 Å². The number of hydrogen-bond acceptors (Lipinski definition) is 10. The van der Waals surface area contributed by atoms with Gasteiger partial charge in [0.25, 0.3) is 0 Å². The van der Waals surface area contributed by atoms with Gasteiger partial charge in [0.1, 0.15) is 33.5 Å². The lowest BCUT2D eigenvalue weighted by atomic mass is 9.98. The highest BCUT2D eigenvalue weighted by Crippen LogP contribution is 2.46. The van der Waals surface area contributed by atoms with Gasteiger partial charge in [0.15, 0.2) is 29.1 Å². The molecule has 0 aliphatic heterocycles. The molecule has 0 aliphatic carbocycles. The fourth-order valence-electron chi connectivity index (χ4n) is 19.3. The van der Waals surface area contributed by atoms with Crippen molar-refractivity contribution >= 4 is 120 Å². The first-order valence-corrected chi connectivity index (χ1v) is 46.0. The highest BCUT2D eigenvalue weighted by atomic mass is 16.3. The summed E-state index contributed by atoms with van der Waals surface area (Å²) in [6.07, 6.45) is 0. The minimum Gasteiger partial charge on any atom is -0.456 e. The lowest BCUT2D eigenvalue weighted by molar-refractivity contribution is 0.669. The van der Waals surface area contributed by atoms with Crippen molar-refractivity contribution < 1.29 is 13.3 Å². The van der Waals surface area contributed by atoms with Gasteiger partial charge in [-0.3, -0.25) is 0 Å². The topological polar surface area (TPSA) is 130 Å². The fraction of sp³-hybridized carbons (Fsp3) is 0. The molecule has 137 heavy (non-hydrogen) atoms. The van der Waals surface area contributed by atoms with Crippen LogP contribution >= 0.6 is 0 Å². The van der Waals surface area contributed by atoms with Gasteiger partial charge in [-0.25, -0.2) is 34.9 Å². The summed E-state index contributed by atoms with van der Waals surface area (Å²) in [5, 5.41) is 18.2. The van der Waals surface area contributed by atoms with Crippen LogP contribution in [0.1, 0.15) is 0 Å². The van der Waals surface area contributed by atoms with Crippen LogP contribution in [0.2, 0.25) is 0 Å². The quantitative estimate of drug-likeness (QED) is 0.110. The Morgan fingerprint density at radius 2 is 0.416 bits per heavy atom. The molecule has 0 bridgehead atoms. The van der Waals surface area contributed by atoms with E-state index in [1.54, 1.807) is 0 Å². The van der Waals surface area contributed by atoms with Crippen LogP contribution in [0, 0.1) is 0 Å². The van der Waals surface area contributed by atoms with E-state index in [9.17, 15) is 0 Å². The summed E-state index contributed by atoms with van der Waals surface area (Å²) in [5.41, 5.74) is 26.8. The zero-order chi connectivity index (χ0) is 90.6. The molecule has 27 aromatic rings. The van der Waals surface area contributed by atoms with Gasteiger partial charge in [-0.05, 0) is 148 Å². The second-order valence-electron chi connectivity index (χ2n) is 34.5. The smallest absolute Gasteiger partial charge is 0.164 e. The normalized spacial score (nSPS) is 11.5. The van der Waals surface area contributed by atoms with E-state index in [4.69, 9.17) is 48.1 Å². The van der Waals surface area contributed by atoms with Crippen LogP contribution in [-0.4, -0.2) is 34.9 Å². The molecule has 0 amide bonds. The summed E-state index contributed by atoms with van der Waals surface area (Å²) in [7, 11) is 0. The molecular weight excluding hydrogens is 1670 g/mol. The molecular formula is C127H79N7O3. The van der Waals surface area contributed by atoms with E-state index in [-0.39, 0.29) is 0 Å². The van der Waals surface area contributed by atoms with Gasteiger partial charge < -0.3 is 13.3 Å². The molecule has 0 radical (unpaired) electrons. The maximum absolute atomic E-state index is 6.50. The average Bonchev–Trinajstić information content (AvgIpc) is 1.60. The van der Waals surface area contributed by atoms with E-state index in [1.807, 2.05) is 91.0 Å². The molecule has 6 aromatic heterocycles. The van der Waals surface area contributed by atoms with E-state index in [2.05, 4.69) is 388 Å². The van der Waals surface area contributed by atoms with E-state index in [1.165, 1.54) is 49.4 Å². The Balaban J connectivity index is 0.000000109. The average molecular weight is 1750 g/mol. The highest BCUT2D eigenvalue weighted by molar-refractivity contribution is 6.23. The van der Waals surface area contributed by atoms with Gasteiger partial charge in [0, 0.05) is 93.2 Å². The third kappa shape index (κ3) is 15.4. The van der Waals surface area contributed by atoms with Crippen molar-refractivity contribution in [2.24, 2.45) is 0 Å². The Morgan fingerprint density at radius 3 is 0.869 bits per heavy atom. The number of aromatic nitrogens is 7.